The van der Waals surface area contributed by atoms with Gasteiger partial charge in [-0.1, -0.05) is 13.8 Å². The van der Waals surface area contributed by atoms with Gasteiger partial charge in [0.05, 0.1) is 0 Å². The van der Waals surface area contributed by atoms with Crippen molar-refractivity contribution in [2.75, 3.05) is 36.5 Å². The normalized spacial score (nSPS) is 19.8. The van der Waals surface area contributed by atoms with Crippen LogP contribution in [0.1, 0.15) is 31.7 Å². The first kappa shape index (κ1) is 12.9. The highest BCUT2D eigenvalue weighted by Crippen LogP contribution is 2.32. The standard InChI is InChI=1S/C12H22N6/c1-7(2)9-10(13)16-12(14)17-11(9)18-5-4-8(6-18)15-3/h7-8,15H,4-6H2,1-3H3,(H4,13,14,16,17)/t8-/m1/s1. The summed E-state index contributed by atoms with van der Waals surface area (Å²) in [6.07, 6.45) is 1.11. The molecule has 5 N–H and O–H groups in total. The first-order valence-electron chi connectivity index (χ1n) is 6.38. The second-order valence-electron chi connectivity index (χ2n) is 5.08. The Hall–Kier alpha value is -1.56. The zero-order valence-electron chi connectivity index (χ0n) is 11.3. The van der Waals surface area contributed by atoms with Crippen LogP contribution in [0.25, 0.3) is 0 Å². The quantitative estimate of drug-likeness (QED) is 0.726. The summed E-state index contributed by atoms with van der Waals surface area (Å²) >= 11 is 0. The van der Waals surface area contributed by atoms with Gasteiger partial charge in [-0.15, -0.1) is 0 Å². The van der Waals surface area contributed by atoms with E-state index >= 15 is 0 Å². The van der Waals surface area contributed by atoms with Crippen molar-refractivity contribution in [2.45, 2.75) is 32.2 Å². The summed E-state index contributed by atoms with van der Waals surface area (Å²) in [6.45, 7) is 6.11. The Morgan fingerprint density at radius 2 is 2.06 bits per heavy atom. The molecule has 0 radical (unpaired) electrons. The summed E-state index contributed by atoms with van der Waals surface area (Å²) < 4.78 is 0. The lowest BCUT2D eigenvalue weighted by atomic mass is 10.0. The van der Waals surface area contributed by atoms with Crippen LogP contribution in [0.3, 0.4) is 0 Å². The van der Waals surface area contributed by atoms with Crippen LogP contribution in [0.15, 0.2) is 0 Å². The lowest BCUT2D eigenvalue weighted by Crippen LogP contribution is -2.31. The summed E-state index contributed by atoms with van der Waals surface area (Å²) in [4.78, 5) is 10.7. The van der Waals surface area contributed by atoms with E-state index in [1.54, 1.807) is 0 Å². The minimum absolute atomic E-state index is 0.250. The molecule has 0 aromatic carbocycles. The van der Waals surface area contributed by atoms with Crippen LogP contribution < -0.4 is 21.7 Å². The molecule has 1 aliphatic heterocycles. The molecule has 1 atom stereocenters. The molecule has 0 unspecified atom stereocenters. The van der Waals surface area contributed by atoms with E-state index < -0.39 is 0 Å². The van der Waals surface area contributed by atoms with Gasteiger partial charge in [-0.3, -0.25) is 0 Å². The third-order valence-electron chi connectivity index (χ3n) is 3.45. The summed E-state index contributed by atoms with van der Waals surface area (Å²) in [5.41, 5.74) is 12.7. The average molecular weight is 250 g/mol. The zero-order chi connectivity index (χ0) is 13.3. The fraction of sp³-hybridized carbons (Fsp3) is 0.667. The highest BCUT2D eigenvalue weighted by molar-refractivity contribution is 5.61. The van der Waals surface area contributed by atoms with Gasteiger partial charge in [-0.05, 0) is 19.4 Å². The molecule has 0 spiro atoms. The maximum absolute atomic E-state index is 5.98. The molecule has 6 heteroatoms. The van der Waals surface area contributed by atoms with Gasteiger partial charge in [0.1, 0.15) is 11.6 Å². The van der Waals surface area contributed by atoms with Gasteiger partial charge >= 0.3 is 0 Å². The van der Waals surface area contributed by atoms with Crippen LogP contribution in [-0.4, -0.2) is 36.1 Å². The van der Waals surface area contributed by atoms with Gasteiger partial charge in [0.15, 0.2) is 0 Å². The maximum Gasteiger partial charge on any atom is 0.223 e. The van der Waals surface area contributed by atoms with Gasteiger partial charge in [0.25, 0.3) is 0 Å². The number of rotatable bonds is 3. The minimum atomic E-state index is 0.250. The number of aromatic nitrogens is 2. The SMILES string of the molecule is CN[C@@H]1CCN(c2nc(N)nc(N)c2C(C)C)C1. The van der Waals surface area contributed by atoms with Crippen molar-refractivity contribution < 1.29 is 0 Å². The third-order valence-corrected chi connectivity index (χ3v) is 3.45. The molecular weight excluding hydrogens is 228 g/mol. The predicted molar refractivity (Wildman–Crippen MR) is 74.6 cm³/mol. The van der Waals surface area contributed by atoms with Gasteiger partial charge in [-0.2, -0.15) is 9.97 Å². The Kier molecular flexibility index (Phi) is 3.56. The predicted octanol–water partition coefficient (Wildman–Crippen LogP) is 0.563. The van der Waals surface area contributed by atoms with Crippen molar-refractivity contribution in [3.63, 3.8) is 0 Å². The van der Waals surface area contributed by atoms with Crippen LogP contribution in [-0.2, 0) is 0 Å². The number of likely N-dealkylation sites (N-methyl/N-ethyl adjacent to an activating group) is 1. The van der Waals surface area contributed by atoms with E-state index in [1.807, 2.05) is 7.05 Å². The first-order valence-corrected chi connectivity index (χ1v) is 6.38. The summed E-state index contributed by atoms with van der Waals surface area (Å²) in [7, 11) is 1.99. The highest BCUT2D eigenvalue weighted by atomic mass is 15.3. The van der Waals surface area contributed by atoms with Crippen molar-refractivity contribution in [3.05, 3.63) is 5.56 Å². The molecule has 0 aliphatic carbocycles. The second kappa shape index (κ2) is 4.97. The summed E-state index contributed by atoms with van der Waals surface area (Å²) in [6, 6.07) is 0.502. The number of nitrogen functional groups attached to an aromatic ring is 2. The van der Waals surface area contributed by atoms with Crippen molar-refractivity contribution in [2.24, 2.45) is 0 Å². The van der Waals surface area contributed by atoms with Crippen LogP contribution in [0.4, 0.5) is 17.6 Å². The molecule has 0 amide bonds. The van der Waals surface area contributed by atoms with E-state index in [9.17, 15) is 0 Å². The van der Waals surface area contributed by atoms with Crippen molar-refractivity contribution in [3.8, 4) is 0 Å². The van der Waals surface area contributed by atoms with Crippen LogP contribution in [0, 0.1) is 0 Å². The van der Waals surface area contributed by atoms with E-state index in [0.717, 1.165) is 30.9 Å². The molecule has 18 heavy (non-hydrogen) atoms. The van der Waals surface area contributed by atoms with Crippen molar-refractivity contribution >= 4 is 17.6 Å². The lowest BCUT2D eigenvalue weighted by Gasteiger charge is -2.23. The summed E-state index contributed by atoms with van der Waals surface area (Å²) in [5.74, 6) is 1.93. The Bertz CT molecular complexity index is 431. The topological polar surface area (TPSA) is 93.1 Å². The molecule has 6 nitrogen and oxygen atoms in total. The smallest absolute Gasteiger partial charge is 0.223 e. The summed E-state index contributed by atoms with van der Waals surface area (Å²) in [5, 5.41) is 3.29. The molecule has 2 heterocycles. The maximum atomic E-state index is 5.98. The van der Waals surface area contributed by atoms with Crippen LogP contribution >= 0.6 is 0 Å². The monoisotopic (exact) mass is 250 g/mol. The average Bonchev–Trinajstić information content (AvgIpc) is 2.75. The molecule has 1 aliphatic rings. The number of anilines is 3. The van der Waals surface area contributed by atoms with Crippen LogP contribution in [0.2, 0.25) is 0 Å². The zero-order valence-corrected chi connectivity index (χ0v) is 11.3. The fourth-order valence-corrected chi connectivity index (χ4v) is 2.48. The molecule has 0 bridgehead atoms. The number of nitrogens with one attached hydrogen (secondary N) is 1. The highest BCUT2D eigenvalue weighted by Gasteiger charge is 2.26. The Balaban J connectivity index is 2.37. The first-order chi connectivity index (χ1) is 8.52. The second-order valence-corrected chi connectivity index (χ2v) is 5.08. The van der Waals surface area contributed by atoms with Gasteiger partial charge < -0.3 is 21.7 Å². The van der Waals surface area contributed by atoms with Gasteiger partial charge in [-0.25, -0.2) is 0 Å². The third kappa shape index (κ3) is 2.33. The van der Waals surface area contributed by atoms with E-state index in [2.05, 4.69) is 34.0 Å². The number of nitrogens with zero attached hydrogens (tertiary/aromatic N) is 3. The molecule has 0 saturated carbocycles. The molecule has 1 fully saturated rings. The molecule has 1 aromatic rings. The van der Waals surface area contributed by atoms with E-state index in [-0.39, 0.29) is 11.9 Å². The number of hydrogen-bond acceptors (Lipinski definition) is 6. The Morgan fingerprint density at radius 3 is 2.61 bits per heavy atom. The van der Waals surface area contributed by atoms with Crippen molar-refractivity contribution in [1.82, 2.24) is 15.3 Å². The van der Waals surface area contributed by atoms with E-state index in [1.165, 1.54) is 0 Å². The van der Waals surface area contributed by atoms with Crippen molar-refractivity contribution in [1.29, 1.82) is 0 Å². The molecule has 1 saturated heterocycles. The van der Waals surface area contributed by atoms with E-state index in [4.69, 9.17) is 11.5 Å². The molecule has 2 rings (SSSR count). The Labute approximate surface area is 108 Å². The van der Waals surface area contributed by atoms with Gasteiger partial charge in [0.2, 0.25) is 5.95 Å². The minimum Gasteiger partial charge on any atom is -0.383 e. The largest absolute Gasteiger partial charge is 0.383 e. The van der Waals surface area contributed by atoms with Crippen LogP contribution in [0.5, 0.6) is 0 Å². The fourth-order valence-electron chi connectivity index (χ4n) is 2.48. The molecule has 1 aromatic heterocycles. The molecular formula is C12H22N6. The molecule has 100 valence electrons. The van der Waals surface area contributed by atoms with Gasteiger partial charge in [0, 0.05) is 24.7 Å². The Morgan fingerprint density at radius 1 is 1.33 bits per heavy atom. The number of hydrogen-bond donors (Lipinski definition) is 3. The lowest BCUT2D eigenvalue weighted by molar-refractivity contribution is 0.616. The number of nitrogens with two attached hydrogens (primary N) is 2. The van der Waals surface area contributed by atoms with E-state index in [0.29, 0.717) is 11.9 Å².